The largest absolute Gasteiger partial charge is 0.347 e. The van der Waals surface area contributed by atoms with E-state index in [1.165, 1.54) is 0 Å². The van der Waals surface area contributed by atoms with E-state index in [1.807, 2.05) is 23.6 Å². The van der Waals surface area contributed by atoms with E-state index in [9.17, 15) is 0 Å². The Morgan fingerprint density at radius 2 is 2.00 bits per heavy atom. The van der Waals surface area contributed by atoms with Crippen molar-refractivity contribution in [2.45, 2.75) is 25.7 Å². The minimum Gasteiger partial charge on any atom is -0.347 e. The van der Waals surface area contributed by atoms with Crippen LogP contribution in [0.2, 0.25) is 0 Å². The summed E-state index contributed by atoms with van der Waals surface area (Å²) in [6.07, 6.45) is 2.08. The molecule has 0 unspecified atom stereocenters. The summed E-state index contributed by atoms with van der Waals surface area (Å²) in [5.41, 5.74) is 3.58. The topological polar surface area (TPSA) is 72.1 Å². The zero-order chi connectivity index (χ0) is 14.2. The monoisotopic (exact) mass is 301 g/mol. The van der Waals surface area contributed by atoms with Crippen LogP contribution in [-0.4, -0.2) is 43.1 Å². The first kappa shape index (κ1) is 12.6. The van der Waals surface area contributed by atoms with Gasteiger partial charge in [0.1, 0.15) is 5.51 Å². The molecule has 0 saturated carbocycles. The van der Waals surface area contributed by atoms with E-state index in [-0.39, 0.29) is 0 Å². The second kappa shape index (κ2) is 5.03. The molecule has 1 saturated heterocycles. The van der Waals surface area contributed by atoms with Crippen molar-refractivity contribution >= 4 is 22.1 Å². The summed E-state index contributed by atoms with van der Waals surface area (Å²) in [7, 11) is 0. The maximum atomic E-state index is 4.54. The number of aromatic nitrogens is 6. The van der Waals surface area contributed by atoms with Crippen molar-refractivity contribution in [1.82, 2.24) is 30.0 Å². The average Bonchev–Trinajstić information content (AvgIpc) is 3.16. The third-order valence-corrected chi connectivity index (χ3v) is 4.65. The van der Waals surface area contributed by atoms with E-state index in [1.54, 1.807) is 16.8 Å². The van der Waals surface area contributed by atoms with Crippen LogP contribution >= 0.6 is 11.3 Å². The van der Waals surface area contributed by atoms with Crippen LogP contribution in [0, 0.1) is 6.92 Å². The summed E-state index contributed by atoms with van der Waals surface area (Å²) in [6, 6.07) is 3.93. The van der Waals surface area contributed by atoms with Crippen LogP contribution in [0.5, 0.6) is 0 Å². The van der Waals surface area contributed by atoms with Crippen LogP contribution in [0.15, 0.2) is 17.6 Å². The molecule has 3 aromatic heterocycles. The second-order valence-electron chi connectivity index (χ2n) is 5.29. The summed E-state index contributed by atoms with van der Waals surface area (Å²) in [4.78, 5) is 2.29. The van der Waals surface area contributed by atoms with E-state index < -0.39 is 0 Å². The number of hydrogen-bond acceptors (Lipinski definition) is 7. The smallest absolute Gasteiger partial charge is 0.208 e. The van der Waals surface area contributed by atoms with Gasteiger partial charge in [0.25, 0.3) is 0 Å². The minimum absolute atomic E-state index is 0.401. The van der Waals surface area contributed by atoms with Crippen LogP contribution in [0.4, 0.5) is 5.13 Å². The van der Waals surface area contributed by atoms with Crippen LogP contribution in [0.3, 0.4) is 0 Å². The molecule has 7 nitrogen and oxygen atoms in total. The summed E-state index contributed by atoms with van der Waals surface area (Å²) >= 11 is 1.59. The highest BCUT2D eigenvalue weighted by atomic mass is 32.1. The number of piperidine rings is 1. The molecule has 8 heteroatoms. The molecule has 4 rings (SSSR count). The average molecular weight is 301 g/mol. The Hall–Kier alpha value is -2.09. The van der Waals surface area contributed by atoms with Gasteiger partial charge in [0.2, 0.25) is 5.13 Å². The first-order valence-electron chi connectivity index (χ1n) is 7.01. The van der Waals surface area contributed by atoms with Gasteiger partial charge in [-0.05, 0) is 31.9 Å². The zero-order valence-electron chi connectivity index (χ0n) is 11.7. The molecular formula is C13H15N7S. The predicted molar refractivity (Wildman–Crippen MR) is 79.6 cm³/mol. The highest BCUT2D eigenvalue weighted by Crippen LogP contribution is 2.29. The highest BCUT2D eigenvalue weighted by molar-refractivity contribution is 7.13. The third-order valence-electron chi connectivity index (χ3n) is 3.90. The number of aryl methyl sites for hydroxylation is 1. The van der Waals surface area contributed by atoms with E-state index in [4.69, 9.17) is 0 Å². The van der Waals surface area contributed by atoms with Crippen molar-refractivity contribution in [3.63, 3.8) is 0 Å². The second-order valence-corrected chi connectivity index (χ2v) is 6.10. The molecule has 0 N–H and O–H groups in total. The Kier molecular flexibility index (Phi) is 3.03. The van der Waals surface area contributed by atoms with Crippen molar-refractivity contribution < 1.29 is 0 Å². The fourth-order valence-corrected chi connectivity index (χ4v) is 3.40. The molecule has 21 heavy (non-hydrogen) atoms. The highest BCUT2D eigenvalue weighted by Gasteiger charge is 2.26. The van der Waals surface area contributed by atoms with Gasteiger partial charge >= 0.3 is 0 Å². The van der Waals surface area contributed by atoms with Crippen molar-refractivity contribution in [3.05, 3.63) is 29.2 Å². The Labute approximate surface area is 125 Å². The molecule has 4 heterocycles. The quantitative estimate of drug-likeness (QED) is 0.717. The Balaban J connectivity index is 1.56. The lowest BCUT2D eigenvalue weighted by molar-refractivity contribution is 0.476. The van der Waals surface area contributed by atoms with Crippen molar-refractivity contribution in [3.8, 4) is 0 Å². The minimum atomic E-state index is 0.401. The van der Waals surface area contributed by atoms with E-state index in [0.29, 0.717) is 5.92 Å². The summed E-state index contributed by atoms with van der Waals surface area (Å²) < 4.78 is 1.89. The van der Waals surface area contributed by atoms with Crippen LogP contribution < -0.4 is 4.90 Å². The molecule has 3 aromatic rings. The van der Waals surface area contributed by atoms with E-state index in [2.05, 4.69) is 30.4 Å². The van der Waals surface area contributed by atoms with Crippen LogP contribution in [-0.2, 0) is 0 Å². The molecule has 0 bridgehead atoms. The van der Waals surface area contributed by atoms with Gasteiger partial charge in [0.05, 0.1) is 5.69 Å². The molecule has 0 atom stereocenters. The number of nitrogens with zero attached hydrogens (tertiary/aromatic N) is 7. The summed E-state index contributed by atoms with van der Waals surface area (Å²) in [5.74, 6) is 1.38. The molecule has 0 spiro atoms. The fraction of sp³-hybridized carbons (Fsp3) is 0.462. The SMILES string of the molecule is Cc1ccc2nnc(C3CCN(c4nncs4)CC3)n2n1. The van der Waals surface area contributed by atoms with Crippen LogP contribution in [0.25, 0.3) is 5.65 Å². The van der Waals surface area contributed by atoms with Gasteiger partial charge in [-0.15, -0.1) is 20.4 Å². The van der Waals surface area contributed by atoms with Crippen molar-refractivity contribution in [2.24, 2.45) is 0 Å². The summed E-state index contributed by atoms with van der Waals surface area (Å²) in [5, 5.41) is 22.2. The molecular weight excluding hydrogens is 286 g/mol. The maximum absolute atomic E-state index is 4.54. The lowest BCUT2D eigenvalue weighted by Gasteiger charge is -2.30. The molecule has 0 aliphatic carbocycles. The number of rotatable bonds is 2. The van der Waals surface area contributed by atoms with Gasteiger partial charge in [-0.2, -0.15) is 9.61 Å². The number of anilines is 1. The van der Waals surface area contributed by atoms with Crippen molar-refractivity contribution in [2.75, 3.05) is 18.0 Å². The number of hydrogen-bond donors (Lipinski definition) is 0. The number of fused-ring (bicyclic) bond motifs is 1. The predicted octanol–water partition coefficient (Wildman–Crippen LogP) is 1.67. The van der Waals surface area contributed by atoms with E-state index >= 15 is 0 Å². The lowest BCUT2D eigenvalue weighted by Crippen LogP contribution is -2.33. The molecule has 0 aromatic carbocycles. The van der Waals surface area contributed by atoms with Crippen LogP contribution in [0.1, 0.15) is 30.3 Å². The lowest BCUT2D eigenvalue weighted by atomic mass is 9.96. The van der Waals surface area contributed by atoms with Gasteiger partial charge in [-0.25, -0.2) is 0 Å². The Morgan fingerprint density at radius 1 is 1.14 bits per heavy atom. The molecule has 0 radical (unpaired) electrons. The summed E-state index contributed by atoms with van der Waals surface area (Å²) in [6.45, 7) is 3.93. The molecule has 1 aliphatic rings. The van der Waals surface area contributed by atoms with Gasteiger partial charge in [0, 0.05) is 19.0 Å². The molecule has 1 fully saturated rings. The van der Waals surface area contributed by atoms with Gasteiger partial charge < -0.3 is 4.90 Å². The third kappa shape index (κ3) is 2.25. The zero-order valence-corrected chi connectivity index (χ0v) is 12.5. The normalized spacial score (nSPS) is 16.7. The first-order valence-corrected chi connectivity index (χ1v) is 7.89. The standard InChI is InChI=1S/C13H15N7S/c1-9-2-3-11-15-16-12(20(11)18-9)10-4-6-19(7-5-10)13-17-14-8-21-13/h2-3,8,10H,4-7H2,1H3. The van der Waals surface area contributed by atoms with Crippen molar-refractivity contribution in [1.29, 1.82) is 0 Å². The maximum Gasteiger partial charge on any atom is 0.208 e. The Bertz CT molecular complexity index is 743. The first-order chi connectivity index (χ1) is 10.3. The molecule has 0 amide bonds. The van der Waals surface area contributed by atoms with Gasteiger partial charge in [-0.1, -0.05) is 11.3 Å². The fourth-order valence-electron chi connectivity index (χ4n) is 2.79. The van der Waals surface area contributed by atoms with Gasteiger partial charge in [0.15, 0.2) is 11.5 Å². The van der Waals surface area contributed by atoms with E-state index in [0.717, 1.165) is 48.2 Å². The van der Waals surface area contributed by atoms with Gasteiger partial charge in [-0.3, -0.25) is 0 Å². The Morgan fingerprint density at radius 3 is 2.76 bits per heavy atom. The molecule has 1 aliphatic heterocycles. The molecule has 108 valence electrons.